The van der Waals surface area contributed by atoms with Crippen molar-refractivity contribution in [2.24, 2.45) is 0 Å². The van der Waals surface area contributed by atoms with Crippen LogP contribution in [-0.2, 0) is 17.8 Å². The summed E-state index contributed by atoms with van der Waals surface area (Å²) >= 11 is 3.54. The Labute approximate surface area is 127 Å². The Morgan fingerprint density at radius 2 is 1.90 bits per heavy atom. The Balaban J connectivity index is 2.41. The van der Waals surface area contributed by atoms with Crippen LogP contribution in [0, 0.1) is 0 Å². The lowest BCUT2D eigenvalue weighted by Crippen LogP contribution is -2.02. The van der Waals surface area contributed by atoms with E-state index in [1.807, 2.05) is 31.3 Å². The normalized spacial score (nSPS) is 10.6. The summed E-state index contributed by atoms with van der Waals surface area (Å²) in [6.07, 6.45) is 0.854. The number of hydrogen-bond acceptors (Lipinski definition) is 4. The number of nitrogens with one attached hydrogen (secondary N) is 1. The van der Waals surface area contributed by atoms with Gasteiger partial charge in [-0.05, 0) is 27.9 Å². The summed E-state index contributed by atoms with van der Waals surface area (Å²) in [5, 5.41) is 3.09. The second-order valence-electron chi connectivity index (χ2n) is 4.39. The molecule has 0 saturated heterocycles. The van der Waals surface area contributed by atoms with Crippen LogP contribution in [0.2, 0.25) is 0 Å². The van der Waals surface area contributed by atoms with Gasteiger partial charge in [0, 0.05) is 19.7 Å². The molecule has 0 amide bonds. The molecule has 1 heterocycles. The van der Waals surface area contributed by atoms with Gasteiger partial charge in [0.2, 0.25) is 0 Å². The van der Waals surface area contributed by atoms with Gasteiger partial charge in [0.15, 0.2) is 5.82 Å². The van der Waals surface area contributed by atoms with Crippen molar-refractivity contribution in [1.82, 2.24) is 9.97 Å². The maximum absolute atomic E-state index is 5.11. The minimum Gasteiger partial charge on any atom is -0.380 e. The number of hydrogen-bond donors (Lipinski definition) is 1. The number of aryl methyl sites for hydroxylation is 1. The summed E-state index contributed by atoms with van der Waals surface area (Å²) in [7, 11) is 3.55. The molecule has 1 N–H and O–H groups in total. The molecule has 0 aliphatic heterocycles. The highest BCUT2D eigenvalue weighted by atomic mass is 79.9. The SMILES string of the molecule is CCc1nc(-c2ccc(COC)cc2)nc(NC)c1Br. The van der Waals surface area contributed by atoms with E-state index in [0.29, 0.717) is 6.61 Å². The lowest BCUT2D eigenvalue weighted by Gasteiger charge is -2.10. The molecule has 0 fully saturated rings. The van der Waals surface area contributed by atoms with Crippen LogP contribution in [0.25, 0.3) is 11.4 Å². The van der Waals surface area contributed by atoms with Crippen LogP contribution in [0.3, 0.4) is 0 Å². The molecular weight excluding hydrogens is 318 g/mol. The summed E-state index contributed by atoms with van der Waals surface area (Å²) in [5.41, 5.74) is 3.14. The van der Waals surface area contributed by atoms with Crippen molar-refractivity contribution in [3.8, 4) is 11.4 Å². The van der Waals surface area contributed by atoms with Gasteiger partial charge in [0.25, 0.3) is 0 Å². The summed E-state index contributed by atoms with van der Waals surface area (Å²) < 4.78 is 6.05. The third kappa shape index (κ3) is 3.16. The Kier molecular flexibility index (Phi) is 5.09. The highest BCUT2D eigenvalue weighted by molar-refractivity contribution is 9.10. The van der Waals surface area contributed by atoms with E-state index in [1.54, 1.807) is 7.11 Å². The van der Waals surface area contributed by atoms with Crippen molar-refractivity contribution in [2.45, 2.75) is 20.0 Å². The number of ether oxygens (including phenoxy) is 1. The van der Waals surface area contributed by atoms with Gasteiger partial charge in [-0.2, -0.15) is 0 Å². The zero-order valence-electron chi connectivity index (χ0n) is 11.9. The van der Waals surface area contributed by atoms with Crippen molar-refractivity contribution in [3.05, 3.63) is 40.0 Å². The van der Waals surface area contributed by atoms with E-state index in [1.165, 1.54) is 0 Å². The molecule has 2 rings (SSSR count). The summed E-state index contributed by atoms with van der Waals surface area (Å²) in [5.74, 6) is 1.55. The maximum atomic E-state index is 5.11. The second kappa shape index (κ2) is 6.81. The molecule has 1 aromatic carbocycles. The topological polar surface area (TPSA) is 47.0 Å². The van der Waals surface area contributed by atoms with Crippen molar-refractivity contribution in [2.75, 3.05) is 19.5 Å². The van der Waals surface area contributed by atoms with Gasteiger partial charge in [-0.1, -0.05) is 31.2 Å². The molecule has 0 radical (unpaired) electrons. The van der Waals surface area contributed by atoms with Crippen LogP contribution in [0.1, 0.15) is 18.2 Å². The van der Waals surface area contributed by atoms with Crippen LogP contribution in [0.4, 0.5) is 5.82 Å². The van der Waals surface area contributed by atoms with Crippen molar-refractivity contribution in [3.63, 3.8) is 0 Å². The molecule has 0 saturated carbocycles. The highest BCUT2D eigenvalue weighted by Crippen LogP contribution is 2.27. The number of nitrogens with zero attached hydrogens (tertiary/aromatic N) is 2. The first-order chi connectivity index (χ1) is 9.69. The molecule has 0 spiro atoms. The maximum Gasteiger partial charge on any atom is 0.161 e. The van der Waals surface area contributed by atoms with E-state index in [-0.39, 0.29) is 0 Å². The van der Waals surface area contributed by atoms with E-state index in [4.69, 9.17) is 4.74 Å². The molecule has 0 aliphatic carbocycles. The average molecular weight is 336 g/mol. The fourth-order valence-electron chi connectivity index (χ4n) is 1.94. The summed E-state index contributed by atoms with van der Waals surface area (Å²) in [6.45, 7) is 2.70. The molecule has 20 heavy (non-hydrogen) atoms. The number of rotatable bonds is 5. The largest absolute Gasteiger partial charge is 0.380 e. The molecule has 0 bridgehead atoms. The molecule has 5 heteroatoms. The lowest BCUT2D eigenvalue weighted by molar-refractivity contribution is 0.185. The lowest BCUT2D eigenvalue weighted by atomic mass is 10.1. The smallest absolute Gasteiger partial charge is 0.161 e. The fourth-order valence-corrected chi connectivity index (χ4v) is 2.60. The van der Waals surface area contributed by atoms with E-state index in [9.17, 15) is 0 Å². The highest BCUT2D eigenvalue weighted by Gasteiger charge is 2.11. The summed E-state index contributed by atoms with van der Waals surface area (Å²) in [4.78, 5) is 9.16. The van der Waals surface area contributed by atoms with E-state index in [2.05, 4.69) is 38.1 Å². The molecule has 4 nitrogen and oxygen atoms in total. The van der Waals surface area contributed by atoms with Crippen molar-refractivity contribution in [1.29, 1.82) is 0 Å². The van der Waals surface area contributed by atoms with E-state index in [0.717, 1.165) is 39.4 Å². The molecular formula is C15H18BrN3O. The second-order valence-corrected chi connectivity index (χ2v) is 5.18. The monoisotopic (exact) mass is 335 g/mol. The standard InChI is InChI=1S/C15H18BrN3O/c1-4-12-13(16)15(17-2)19-14(18-12)11-7-5-10(6-8-11)9-20-3/h5-8H,4,9H2,1-3H3,(H,17,18,19). The van der Waals surface area contributed by atoms with Gasteiger partial charge < -0.3 is 10.1 Å². The number of benzene rings is 1. The predicted molar refractivity (Wildman–Crippen MR) is 84.8 cm³/mol. The third-order valence-corrected chi connectivity index (χ3v) is 3.85. The van der Waals surface area contributed by atoms with Gasteiger partial charge >= 0.3 is 0 Å². The first-order valence-electron chi connectivity index (χ1n) is 6.52. The molecule has 0 aliphatic rings. The molecule has 2 aromatic rings. The fraction of sp³-hybridized carbons (Fsp3) is 0.333. The van der Waals surface area contributed by atoms with Crippen molar-refractivity contribution < 1.29 is 4.74 Å². The first kappa shape index (κ1) is 14.9. The third-order valence-electron chi connectivity index (χ3n) is 3.01. The van der Waals surface area contributed by atoms with Crippen LogP contribution < -0.4 is 5.32 Å². The van der Waals surface area contributed by atoms with Crippen LogP contribution in [0.5, 0.6) is 0 Å². The van der Waals surface area contributed by atoms with E-state index < -0.39 is 0 Å². The number of halogens is 1. The van der Waals surface area contributed by atoms with Crippen molar-refractivity contribution >= 4 is 21.7 Å². The molecule has 0 atom stereocenters. The number of methoxy groups -OCH3 is 1. The van der Waals surface area contributed by atoms with Crippen LogP contribution in [-0.4, -0.2) is 24.1 Å². The van der Waals surface area contributed by atoms with Gasteiger partial charge in [0.05, 0.1) is 16.8 Å². The minimum atomic E-state index is 0.615. The molecule has 0 unspecified atom stereocenters. The first-order valence-corrected chi connectivity index (χ1v) is 7.31. The summed E-state index contributed by atoms with van der Waals surface area (Å²) in [6, 6.07) is 8.12. The quantitative estimate of drug-likeness (QED) is 0.905. The van der Waals surface area contributed by atoms with Gasteiger partial charge in [-0.15, -0.1) is 0 Å². The molecule has 1 aromatic heterocycles. The Morgan fingerprint density at radius 3 is 2.45 bits per heavy atom. The van der Waals surface area contributed by atoms with Gasteiger partial charge in [0.1, 0.15) is 5.82 Å². The zero-order chi connectivity index (χ0) is 14.5. The number of aromatic nitrogens is 2. The number of anilines is 1. The molecule has 106 valence electrons. The van der Waals surface area contributed by atoms with Gasteiger partial charge in [-0.25, -0.2) is 9.97 Å². The predicted octanol–water partition coefficient (Wildman–Crippen LogP) is 3.66. The average Bonchev–Trinajstić information content (AvgIpc) is 2.49. The Bertz CT molecular complexity index is 559. The van der Waals surface area contributed by atoms with Crippen LogP contribution >= 0.6 is 15.9 Å². The zero-order valence-corrected chi connectivity index (χ0v) is 13.5. The Morgan fingerprint density at radius 1 is 1.20 bits per heavy atom. The van der Waals surface area contributed by atoms with Gasteiger partial charge in [-0.3, -0.25) is 0 Å². The van der Waals surface area contributed by atoms with E-state index >= 15 is 0 Å². The minimum absolute atomic E-state index is 0.615. The van der Waals surface area contributed by atoms with Crippen LogP contribution in [0.15, 0.2) is 28.7 Å². The Hall–Kier alpha value is -1.46.